The Balaban J connectivity index is 2.60. The molecule has 0 N–H and O–H groups in total. The fourth-order valence-electron chi connectivity index (χ4n) is 1.29. The van der Waals surface area contributed by atoms with Crippen LogP contribution in [0.2, 0.25) is 0 Å². The van der Waals surface area contributed by atoms with Crippen LogP contribution in [-0.4, -0.2) is 5.78 Å². The lowest BCUT2D eigenvalue weighted by atomic mass is 9.95. The Morgan fingerprint density at radius 2 is 2.27 bits per heavy atom. The summed E-state index contributed by atoms with van der Waals surface area (Å²) in [6.45, 7) is 3.75. The first-order valence-electron chi connectivity index (χ1n) is 4.04. The van der Waals surface area contributed by atoms with Gasteiger partial charge in [-0.25, -0.2) is 0 Å². The predicted molar refractivity (Wildman–Crippen MR) is 46.4 cm³/mol. The third kappa shape index (κ3) is 2.71. The van der Waals surface area contributed by atoms with Crippen LogP contribution in [0, 0.1) is 0 Å². The minimum Gasteiger partial charge on any atom is -0.295 e. The van der Waals surface area contributed by atoms with Crippen molar-refractivity contribution in [3.05, 3.63) is 23.3 Å². The molecule has 1 aliphatic rings. The average molecular weight is 150 g/mol. The Labute approximate surface area is 67.8 Å². The van der Waals surface area contributed by atoms with Crippen LogP contribution in [0.3, 0.4) is 0 Å². The van der Waals surface area contributed by atoms with Crippen LogP contribution in [0.25, 0.3) is 0 Å². The zero-order chi connectivity index (χ0) is 8.27. The van der Waals surface area contributed by atoms with Crippen molar-refractivity contribution in [2.75, 3.05) is 0 Å². The maximum Gasteiger partial charge on any atom is 0.152 e. The van der Waals surface area contributed by atoms with E-state index in [1.54, 1.807) is 13.0 Å². The highest BCUT2D eigenvalue weighted by Gasteiger charge is 2.04. The van der Waals surface area contributed by atoms with Crippen molar-refractivity contribution in [3.63, 3.8) is 0 Å². The minimum absolute atomic E-state index is 0.174. The number of carbonyl (C=O) groups excluding carboxylic acids is 1. The summed E-state index contributed by atoms with van der Waals surface area (Å²) in [5, 5.41) is 0. The minimum atomic E-state index is 0.174. The summed E-state index contributed by atoms with van der Waals surface area (Å²) >= 11 is 0. The Hall–Kier alpha value is -0.850. The quantitative estimate of drug-likeness (QED) is 0.415. The van der Waals surface area contributed by atoms with E-state index in [2.05, 4.69) is 13.0 Å². The maximum atomic E-state index is 10.7. The van der Waals surface area contributed by atoms with Crippen LogP contribution in [0.4, 0.5) is 0 Å². The van der Waals surface area contributed by atoms with Gasteiger partial charge in [0.15, 0.2) is 5.78 Å². The van der Waals surface area contributed by atoms with Crippen molar-refractivity contribution >= 4 is 5.78 Å². The highest BCUT2D eigenvalue weighted by atomic mass is 16.1. The molecule has 0 aromatic carbocycles. The Bertz CT molecular complexity index is 221. The van der Waals surface area contributed by atoms with E-state index in [1.807, 2.05) is 0 Å². The molecular formula is C10H14O. The molecule has 0 atom stereocenters. The van der Waals surface area contributed by atoms with Crippen LogP contribution in [0.15, 0.2) is 23.3 Å². The highest BCUT2D eigenvalue weighted by Crippen LogP contribution is 2.21. The van der Waals surface area contributed by atoms with E-state index in [4.69, 9.17) is 0 Å². The second-order valence-corrected chi connectivity index (χ2v) is 3.17. The molecule has 0 amide bonds. The van der Waals surface area contributed by atoms with Gasteiger partial charge in [-0.05, 0) is 39.2 Å². The first kappa shape index (κ1) is 8.25. The summed E-state index contributed by atoms with van der Waals surface area (Å²) in [4.78, 5) is 10.7. The lowest BCUT2D eigenvalue weighted by Gasteiger charge is -2.11. The molecule has 0 aromatic heterocycles. The second kappa shape index (κ2) is 3.51. The molecule has 0 saturated heterocycles. The van der Waals surface area contributed by atoms with Crippen LogP contribution in [-0.2, 0) is 4.79 Å². The molecule has 1 rings (SSSR count). The number of ketones is 1. The van der Waals surface area contributed by atoms with Gasteiger partial charge < -0.3 is 0 Å². The topological polar surface area (TPSA) is 17.1 Å². The number of allylic oxidation sites excluding steroid dienone is 4. The molecule has 1 heteroatoms. The smallest absolute Gasteiger partial charge is 0.152 e. The van der Waals surface area contributed by atoms with Crippen LogP contribution in [0.1, 0.15) is 33.1 Å². The molecule has 11 heavy (non-hydrogen) atoms. The maximum absolute atomic E-state index is 10.7. The third-order valence-electron chi connectivity index (χ3n) is 1.96. The molecule has 0 heterocycles. The molecule has 60 valence electrons. The molecule has 0 radical (unpaired) electrons. The van der Waals surface area contributed by atoms with Gasteiger partial charge in [-0.2, -0.15) is 0 Å². The van der Waals surface area contributed by atoms with Crippen molar-refractivity contribution in [1.82, 2.24) is 0 Å². The molecule has 0 fully saturated rings. The van der Waals surface area contributed by atoms with E-state index in [1.165, 1.54) is 11.1 Å². The van der Waals surface area contributed by atoms with Gasteiger partial charge in [0.2, 0.25) is 0 Å². The molecule has 1 aliphatic carbocycles. The van der Waals surface area contributed by atoms with Crippen molar-refractivity contribution in [2.45, 2.75) is 33.1 Å². The van der Waals surface area contributed by atoms with E-state index in [0.717, 1.165) is 19.3 Å². The number of hydrogen-bond acceptors (Lipinski definition) is 1. The Kier molecular flexibility index (Phi) is 2.64. The zero-order valence-electron chi connectivity index (χ0n) is 7.18. The lowest BCUT2D eigenvalue weighted by molar-refractivity contribution is -0.112. The van der Waals surface area contributed by atoms with Gasteiger partial charge in [0.25, 0.3) is 0 Å². The van der Waals surface area contributed by atoms with Crippen molar-refractivity contribution in [3.8, 4) is 0 Å². The van der Waals surface area contributed by atoms with E-state index >= 15 is 0 Å². The van der Waals surface area contributed by atoms with Gasteiger partial charge in [-0.15, -0.1) is 0 Å². The summed E-state index contributed by atoms with van der Waals surface area (Å²) in [5.41, 5.74) is 2.73. The first-order chi connectivity index (χ1) is 5.18. The van der Waals surface area contributed by atoms with E-state index in [-0.39, 0.29) is 5.78 Å². The van der Waals surface area contributed by atoms with E-state index in [9.17, 15) is 4.79 Å². The van der Waals surface area contributed by atoms with Crippen LogP contribution >= 0.6 is 0 Å². The number of carbonyl (C=O) groups is 1. The molecule has 0 aliphatic heterocycles. The van der Waals surface area contributed by atoms with Crippen LogP contribution in [0.5, 0.6) is 0 Å². The lowest BCUT2D eigenvalue weighted by Crippen LogP contribution is -1.95. The number of rotatable bonds is 1. The zero-order valence-corrected chi connectivity index (χ0v) is 7.18. The standard InChI is InChI=1S/C10H14O/c1-8-3-5-10(6-4-8)7-9(2)11/h3,7H,4-6H2,1-2H3. The summed E-state index contributed by atoms with van der Waals surface area (Å²) in [7, 11) is 0. The number of hydrogen-bond donors (Lipinski definition) is 0. The van der Waals surface area contributed by atoms with Crippen molar-refractivity contribution in [1.29, 1.82) is 0 Å². The highest BCUT2D eigenvalue weighted by molar-refractivity contribution is 5.88. The first-order valence-corrected chi connectivity index (χ1v) is 4.04. The van der Waals surface area contributed by atoms with Crippen molar-refractivity contribution < 1.29 is 4.79 Å². The van der Waals surface area contributed by atoms with Gasteiger partial charge in [-0.1, -0.05) is 17.2 Å². The summed E-state index contributed by atoms with van der Waals surface area (Å²) in [6, 6.07) is 0. The fraction of sp³-hybridized carbons (Fsp3) is 0.500. The molecule has 0 aromatic rings. The normalized spacial score (nSPS) is 21.6. The van der Waals surface area contributed by atoms with Crippen molar-refractivity contribution in [2.24, 2.45) is 0 Å². The average Bonchev–Trinajstić information content (AvgIpc) is 1.93. The molecule has 0 unspecified atom stereocenters. The van der Waals surface area contributed by atoms with Crippen LogP contribution < -0.4 is 0 Å². The van der Waals surface area contributed by atoms with E-state index < -0.39 is 0 Å². The molecule has 0 spiro atoms. The predicted octanol–water partition coefficient (Wildman–Crippen LogP) is 2.63. The van der Waals surface area contributed by atoms with Gasteiger partial charge in [0, 0.05) is 0 Å². The SMILES string of the molecule is CC(=O)C=C1CC=C(C)CC1. The summed E-state index contributed by atoms with van der Waals surface area (Å²) in [6.07, 6.45) is 7.15. The summed E-state index contributed by atoms with van der Waals surface area (Å²) < 4.78 is 0. The van der Waals surface area contributed by atoms with Gasteiger partial charge in [0.1, 0.15) is 0 Å². The van der Waals surface area contributed by atoms with Gasteiger partial charge >= 0.3 is 0 Å². The Morgan fingerprint density at radius 1 is 1.55 bits per heavy atom. The molecule has 0 saturated carbocycles. The molecular weight excluding hydrogens is 136 g/mol. The Morgan fingerprint density at radius 3 is 2.73 bits per heavy atom. The molecule has 1 nitrogen and oxygen atoms in total. The van der Waals surface area contributed by atoms with E-state index in [0.29, 0.717) is 0 Å². The molecule has 0 bridgehead atoms. The van der Waals surface area contributed by atoms with Gasteiger partial charge in [0.05, 0.1) is 0 Å². The largest absolute Gasteiger partial charge is 0.295 e. The second-order valence-electron chi connectivity index (χ2n) is 3.17. The monoisotopic (exact) mass is 150 g/mol. The third-order valence-corrected chi connectivity index (χ3v) is 1.96. The fourth-order valence-corrected chi connectivity index (χ4v) is 1.29. The summed E-state index contributed by atoms with van der Waals surface area (Å²) in [5.74, 6) is 0.174. The van der Waals surface area contributed by atoms with Gasteiger partial charge in [-0.3, -0.25) is 4.79 Å².